The number of carbonyl (C=O) groups is 1. The molecule has 0 aliphatic heterocycles. The van der Waals surface area contributed by atoms with Crippen LogP contribution < -0.4 is 5.73 Å². The van der Waals surface area contributed by atoms with Crippen LogP contribution in [0, 0.1) is 12.8 Å². The Balaban J connectivity index is 2.35. The Morgan fingerprint density at radius 2 is 2.27 bits per heavy atom. The second-order valence-corrected chi connectivity index (χ2v) is 4.24. The smallest absolute Gasteiger partial charge is 0.405 e. The van der Waals surface area contributed by atoms with Crippen LogP contribution in [0.1, 0.15) is 29.7 Å². The highest BCUT2D eigenvalue weighted by molar-refractivity contribution is 5.65. The molecule has 0 bridgehead atoms. The fourth-order valence-corrected chi connectivity index (χ4v) is 2.23. The second-order valence-electron chi connectivity index (χ2n) is 4.24. The van der Waals surface area contributed by atoms with Crippen molar-refractivity contribution in [1.29, 1.82) is 0 Å². The van der Waals surface area contributed by atoms with Crippen molar-refractivity contribution in [2.75, 3.05) is 0 Å². The van der Waals surface area contributed by atoms with Crippen LogP contribution in [-0.2, 0) is 11.2 Å². The van der Waals surface area contributed by atoms with Crippen LogP contribution in [0.4, 0.5) is 4.79 Å². The predicted molar refractivity (Wildman–Crippen MR) is 57.5 cm³/mol. The number of rotatable bonds is 1. The molecule has 1 amide bonds. The molecule has 0 saturated carbocycles. The fourth-order valence-electron chi connectivity index (χ4n) is 2.23. The van der Waals surface area contributed by atoms with Gasteiger partial charge in [-0.1, -0.05) is 30.7 Å². The van der Waals surface area contributed by atoms with Gasteiger partial charge in [-0.05, 0) is 24.5 Å². The van der Waals surface area contributed by atoms with E-state index in [0.717, 1.165) is 12.0 Å². The summed E-state index contributed by atoms with van der Waals surface area (Å²) < 4.78 is 5.14. The van der Waals surface area contributed by atoms with Crippen molar-refractivity contribution in [1.82, 2.24) is 0 Å². The first-order valence-corrected chi connectivity index (χ1v) is 5.13. The molecule has 1 aliphatic carbocycles. The first-order chi connectivity index (χ1) is 7.08. The Hall–Kier alpha value is -1.51. The summed E-state index contributed by atoms with van der Waals surface area (Å²) in [7, 11) is 0. The van der Waals surface area contributed by atoms with E-state index in [1.807, 2.05) is 6.92 Å². The number of fused-ring (bicyclic) bond motifs is 1. The number of amides is 1. The van der Waals surface area contributed by atoms with E-state index in [2.05, 4.69) is 25.1 Å². The number of hydrogen-bond acceptors (Lipinski definition) is 2. The van der Waals surface area contributed by atoms with E-state index in [-0.39, 0.29) is 6.10 Å². The molecule has 15 heavy (non-hydrogen) atoms. The zero-order valence-corrected chi connectivity index (χ0v) is 8.99. The van der Waals surface area contributed by atoms with Crippen molar-refractivity contribution in [2.45, 2.75) is 26.4 Å². The van der Waals surface area contributed by atoms with E-state index in [4.69, 9.17) is 10.5 Å². The summed E-state index contributed by atoms with van der Waals surface area (Å²) >= 11 is 0. The van der Waals surface area contributed by atoms with Gasteiger partial charge < -0.3 is 10.5 Å². The minimum Gasteiger partial charge on any atom is -0.441 e. The molecule has 0 spiro atoms. The van der Waals surface area contributed by atoms with Gasteiger partial charge in [-0.25, -0.2) is 4.79 Å². The quantitative estimate of drug-likeness (QED) is 0.765. The van der Waals surface area contributed by atoms with Gasteiger partial charge in [-0.3, -0.25) is 0 Å². The lowest BCUT2D eigenvalue weighted by molar-refractivity contribution is 0.0821. The van der Waals surface area contributed by atoms with Crippen LogP contribution in [-0.4, -0.2) is 6.09 Å². The van der Waals surface area contributed by atoms with E-state index >= 15 is 0 Å². The lowest BCUT2D eigenvalue weighted by atomic mass is 10.0. The molecular formula is C12H15NO2. The number of hydrogen-bond donors (Lipinski definition) is 1. The van der Waals surface area contributed by atoms with Crippen molar-refractivity contribution in [3.63, 3.8) is 0 Å². The van der Waals surface area contributed by atoms with Crippen molar-refractivity contribution in [3.8, 4) is 0 Å². The Bertz CT molecular complexity index is 401. The molecule has 0 saturated heterocycles. The van der Waals surface area contributed by atoms with E-state index in [1.54, 1.807) is 0 Å². The van der Waals surface area contributed by atoms with Gasteiger partial charge in [-0.2, -0.15) is 0 Å². The highest BCUT2D eigenvalue weighted by atomic mass is 16.6. The summed E-state index contributed by atoms with van der Waals surface area (Å²) in [5, 5.41) is 0. The number of benzene rings is 1. The molecule has 3 nitrogen and oxygen atoms in total. The molecule has 0 radical (unpaired) electrons. The number of carbonyl (C=O) groups excluding carboxylic acids is 1. The number of ether oxygens (including phenoxy) is 1. The zero-order valence-electron chi connectivity index (χ0n) is 8.99. The Morgan fingerprint density at radius 3 is 2.93 bits per heavy atom. The van der Waals surface area contributed by atoms with Gasteiger partial charge in [0.1, 0.15) is 6.10 Å². The molecule has 80 valence electrons. The lowest BCUT2D eigenvalue weighted by Crippen LogP contribution is -2.19. The maximum absolute atomic E-state index is 10.8. The second kappa shape index (κ2) is 3.57. The van der Waals surface area contributed by atoms with Crippen molar-refractivity contribution < 1.29 is 9.53 Å². The largest absolute Gasteiger partial charge is 0.441 e. The van der Waals surface area contributed by atoms with Gasteiger partial charge in [0.05, 0.1) is 0 Å². The Kier molecular flexibility index (Phi) is 2.39. The molecule has 2 N–H and O–H groups in total. The van der Waals surface area contributed by atoms with Crippen LogP contribution >= 0.6 is 0 Å². The van der Waals surface area contributed by atoms with E-state index in [0.29, 0.717) is 5.92 Å². The molecule has 1 aromatic carbocycles. The Morgan fingerprint density at radius 1 is 1.53 bits per heavy atom. The van der Waals surface area contributed by atoms with E-state index in [9.17, 15) is 4.79 Å². The van der Waals surface area contributed by atoms with Gasteiger partial charge in [0.15, 0.2) is 0 Å². The molecule has 1 aliphatic rings. The van der Waals surface area contributed by atoms with E-state index < -0.39 is 6.09 Å². The summed E-state index contributed by atoms with van der Waals surface area (Å²) in [6, 6.07) is 6.26. The van der Waals surface area contributed by atoms with Gasteiger partial charge in [0.25, 0.3) is 0 Å². The first-order valence-electron chi connectivity index (χ1n) is 5.13. The minimum absolute atomic E-state index is 0.169. The van der Waals surface area contributed by atoms with E-state index in [1.165, 1.54) is 11.1 Å². The normalized spacial score (nSPS) is 23.6. The Labute approximate surface area is 89.2 Å². The maximum atomic E-state index is 10.8. The van der Waals surface area contributed by atoms with Gasteiger partial charge in [-0.15, -0.1) is 0 Å². The summed E-state index contributed by atoms with van der Waals surface area (Å²) in [5.41, 5.74) is 8.63. The maximum Gasteiger partial charge on any atom is 0.405 e. The topological polar surface area (TPSA) is 52.3 Å². The number of primary amides is 1. The highest BCUT2D eigenvalue weighted by Crippen LogP contribution is 2.38. The van der Waals surface area contributed by atoms with Crippen LogP contribution in [0.15, 0.2) is 18.2 Å². The molecular weight excluding hydrogens is 190 g/mol. The minimum atomic E-state index is -0.693. The fraction of sp³-hybridized carbons (Fsp3) is 0.417. The zero-order chi connectivity index (χ0) is 11.0. The average Bonchev–Trinajstić information content (AvgIpc) is 2.43. The third kappa shape index (κ3) is 1.82. The summed E-state index contributed by atoms with van der Waals surface area (Å²) in [6.07, 6.45) is 0.0895. The number of nitrogens with two attached hydrogens (primary N) is 1. The molecule has 2 rings (SSSR count). The third-order valence-corrected chi connectivity index (χ3v) is 2.91. The van der Waals surface area contributed by atoms with Crippen molar-refractivity contribution in [2.24, 2.45) is 11.7 Å². The monoisotopic (exact) mass is 205 g/mol. The molecule has 0 unspecified atom stereocenters. The van der Waals surface area contributed by atoms with Gasteiger partial charge in [0, 0.05) is 5.92 Å². The molecule has 0 heterocycles. The molecule has 1 aromatic rings. The van der Waals surface area contributed by atoms with Crippen LogP contribution in [0.3, 0.4) is 0 Å². The molecule has 0 fully saturated rings. The summed E-state index contributed by atoms with van der Waals surface area (Å²) in [6.45, 7) is 4.10. The summed E-state index contributed by atoms with van der Waals surface area (Å²) in [5.74, 6) is 0.314. The molecule has 3 heteroatoms. The highest BCUT2D eigenvalue weighted by Gasteiger charge is 2.31. The third-order valence-electron chi connectivity index (χ3n) is 2.91. The van der Waals surface area contributed by atoms with Gasteiger partial charge in [0.2, 0.25) is 0 Å². The van der Waals surface area contributed by atoms with Crippen LogP contribution in [0.25, 0.3) is 0 Å². The van der Waals surface area contributed by atoms with Crippen LogP contribution in [0.2, 0.25) is 0 Å². The predicted octanol–water partition coefficient (Wildman–Crippen LogP) is 2.32. The van der Waals surface area contributed by atoms with Crippen molar-refractivity contribution in [3.05, 3.63) is 34.9 Å². The summed E-state index contributed by atoms with van der Waals surface area (Å²) in [4.78, 5) is 10.8. The number of aryl methyl sites for hydroxylation is 1. The first kappa shape index (κ1) is 10.0. The molecule has 2 atom stereocenters. The average molecular weight is 205 g/mol. The van der Waals surface area contributed by atoms with Gasteiger partial charge >= 0.3 is 6.09 Å². The lowest BCUT2D eigenvalue weighted by Gasteiger charge is -2.16. The van der Waals surface area contributed by atoms with Crippen LogP contribution in [0.5, 0.6) is 0 Å². The SMILES string of the molecule is Cc1ccc2c(c1)[C@H](OC(N)=O)[C@@H](C)C2. The van der Waals surface area contributed by atoms with Crippen molar-refractivity contribution >= 4 is 6.09 Å². The standard InChI is InChI=1S/C12H15NO2/c1-7-3-4-9-6-8(2)11(10(9)5-7)15-12(13)14/h3-5,8,11H,6H2,1-2H3,(H2,13,14)/t8-,11+/m0/s1. The molecule has 0 aromatic heterocycles.